The molecule has 0 spiro atoms. The van der Waals surface area contributed by atoms with E-state index >= 15 is 0 Å². The molecule has 0 saturated carbocycles. The van der Waals surface area contributed by atoms with E-state index in [9.17, 15) is 4.79 Å². The first-order chi connectivity index (χ1) is 7.18. The Balaban J connectivity index is 2.06. The summed E-state index contributed by atoms with van der Waals surface area (Å²) in [6.45, 7) is 1.50. The van der Waals surface area contributed by atoms with Gasteiger partial charge < -0.3 is 5.11 Å². The Bertz CT molecular complexity index is 366. The van der Waals surface area contributed by atoms with E-state index < -0.39 is 5.97 Å². The van der Waals surface area contributed by atoms with Crippen molar-refractivity contribution in [2.75, 3.05) is 6.54 Å². The van der Waals surface area contributed by atoms with Gasteiger partial charge in [-0.3, -0.25) is 9.69 Å². The molecule has 15 heavy (non-hydrogen) atoms. The van der Waals surface area contributed by atoms with Crippen molar-refractivity contribution in [2.24, 2.45) is 0 Å². The largest absolute Gasteiger partial charge is 0.480 e. The predicted molar refractivity (Wildman–Crippen MR) is 60.4 cm³/mol. The maximum Gasteiger partial charge on any atom is 0.320 e. The number of carboxylic acids is 1. The molecule has 3 nitrogen and oxygen atoms in total. The lowest BCUT2D eigenvalue weighted by molar-refractivity contribution is -0.142. The van der Waals surface area contributed by atoms with Crippen LogP contribution in [0, 0.1) is 0 Å². The average Bonchev–Trinajstić information content (AvgIpc) is 2.77. The standard InChI is InChI=1S/C10H12ClNO2S/c11-9-7(3-5-15-9)6-12-4-1-2-8(12)10(13)14/h3,5,8H,1-2,4,6H2,(H,13,14)/t8-/m0/s1. The monoisotopic (exact) mass is 245 g/mol. The fraction of sp³-hybridized carbons (Fsp3) is 0.500. The van der Waals surface area contributed by atoms with Crippen molar-refractivity contribution in [1.29, 1.82) is 0 Å². The zero-order valence-electron chi connectivity index (χ0n) is 8.15. The smallest absolute Gasteiger partial charge is 0.320 e. The van der Waals surface area contributed by atoms with E-state index in [0.717, 1.165) is 29.3 Å². The van der Waals surface area contributed by atoms with Crippen molar-refractivity contribution < 1.29 is 9.90 Å². The highest BCUT2D eigenvalue weighted by Gasteiger charge is 2.30. The van der Waals surface area contributed by atoms with E-state index in [1.807, 2.05) is 16.3 Å². The molecule has 1 aliphatic heterocycles. The third-order valence-corrected chi connectivity index (χ3v) is 3.97. The van der Waals surface area contributed by atoms with Crippen LogP contribution in [0.5, 0.6) is 0 Å². The van der Waals surface area contributed by atoms with Crippen molar-refractivity contribution in [3.8, 4) is 0 Å². The molecule has 82 valence electrons. The summed E-state index contributed by atoms with van der Waals surface area (Å²) in [5.41, 5.74) is 1.04. The molecule has 1 aromatic rings. The normalized spacial score (nSPS) is 22.1. The highest BCUT2D eigenvalue weighted by Crippen LogP contribution is 2.27. The average molecular weight is 246 g/mol. The zero-order chi connectivity index (χ0) is 10.8. The number of nitrogens with zero attached hydrogens (tertiary/aromatic N) is 1. The quantitative estimate of drug-likeness (QED) is 0.889. The molecular formula is C10H12ClNO2S. The summed E-state index contributed by atoms with van der Waals surface area (Å²) in [5, 5.41) is 10.9. The molecule has 0 amide bonds. The van der Waals surface area contributed by atoms with E-state index in [-0.39, 0.29) is 6.04 Å². The first-order valence-electron chi connectivity index (χ1n) is 4.87. The molecule has 5 heteroatoms. The lowest BCUT2D eigenvalue weighted by Crippen LogP contribution is -2.35. The van der Waals surface area contributed by atoms with Gasteiger partial charge in [-0.1, -0.05) is 11.6 Å². The van der Waals surface area contributed by atoms with Crippen LogP contribution in [0.25, 0.3) is 0 Å². The van der Waals surface area contributed by atoms with Gasteiger partial charge in [0, 0.05) is 6.54 Å². The number of aliphatic carboxylic acids is 1. The third kappa shape index (κ3) is 2.33. The molecule has 1 fully saturated rings. The van der Waals surface area contributed by atoms with E-state index in [1.54, 1.807) is 0 Å². The van der Waals surface area contributed by atoms with Crippen molar-refractivity contribution in [1.82, 2.24) is 4.90 Å². The van der Waals surface area contributed by atoms with Gasteiger partial charge in [0.15, 0.2) is 0 Å². The van der Waals surface area contributed by atoms with Gasteiger partial charge in [0.05, 0.1) is 4.34 Å². The molecular weight excluding hydrogens is 234 g/mol. The third-order valence-electron chi connectivity index (χ3n) is 2.72. The Morgan fingerprint density at radius 3 is 3.13 bits per heavy atom. The minimum Gasteiger partial charge on any atom is -0.480 e. The Kier molecular flexibility index (Phi) is 3.29. The number of hydrogen-bond acceptors (Lipinski definition) is 3. The van der Waals surface area contributed by atoms with Crippen molar-refractivity contribution in [3.63, 3.8) is 0 Å². The SMILES string of the molecule is O=C(O)[C@@H]1CCCN1Cc1ccsc1Cl. The second kappa shape index (κ2) is 4.51. The second-order valence-corrected chi connectivity index (χ2v) is 5.20. The number of thiophene rings is 1. The van der Waals surface area contributed by atoms with Gasteiger partial charge in [-0.25, -0.2) is 0 Å². The van der Waals surface area contributed by atoms with Gasteiger partial charge in [0.25, 0.3) is 0 Å². The fourth-order valence-electron chi connectivity index (χ4n) is 1.95. The fourth-order valence-corrected chi connectivity index (χ4v) is 2.86. The van der Waals surface area contributed by atoms with Crippen LogP contribution in [0.4, 0.5) is 0 Å². The number of likely N-dealkylation sites (tertiary alicyclic amines) is 1. The summed E-state index contributed by atoms with van der Waals surface area (Å²) in [5.74, 6) is -0.723. The summed E-state index contributed by atoms with van der Waals surface area (Å²) in [6.07, 6.45) is 1.70. The lowest BCUT2D eigenvalue weighted by Gasteiger charge is -2.20. The highest BCUT2D eigenvalue weighted by molar-refractivity contribution is 7.14. The number of hydrogen-bond donors (Lipinski definition) is 1. The van der Waals surface area contributed by atoms with Gasteiger partial charge in [0.1, 0.15) is 6.04 Å². The number of rotatable bonds is 3. The van der Waals surface area contributed by atoms with E-state index in [0.29, 0.717) is 6.54 Å². The summed E-state index contributed by atoms with van der Waals surface area (Å²) in [4.78, 5) is 12.9. The number of carboxylic acid groups (broad SMARTS) is 1. The molecule has 1 saturated heterocycles. The molecule has 1 N–H and O–H groups in total. The second-order valence-electron chi connectivity index (χ2n) is 3.69. The Morgan fingerprint density at radius 1 is 1.73 bits per heavy atom. The van der Waals surface area contributed by atoms with Crippen LogP contribution >= 0.6 is 22.9 Å². The maximum atomic E-state index is 11.0. The van der Waals surface area contributed by atoms with E-state index in [1.165, 1.54) is 11.3 Å². The minimum atomic E-state index is -0.723. The summed E-state index contributed by atoms with van der Waals surface area (Å²) in [6, 6.07) is 1.63. The molecule has 1 atom stereocenters. The van der Waals surface area contributed by atoms with E-state index in [2.05, 4.69) is 0 Å². The molecule has 1 aromatic heterocycles. The molecule has 2 rings (SSSR count). The zero-order valence-corrected chi connectivity index (χ0v) is 9.72. The van der Waals surface area contributed by atoms with E-state index in [4.69, 9.17) is 16.7 Å². The number of halogens is 1. The van der Waals surface area contributed by atoms with Crippen LogP contribution in [0.3, 0.4) is 0 Å². The lowest BCUT2D eigenvalue weighted by atomic mass is 10.2. The predicted octanol–water partition coefficient (Wildman–Crippen LogP) is 2.45. The minimum absolute atomic E-state index is 0.332. The topological polar surface area (TPSA) is 40.5 Å². The van der Waals surface area contributed by atoms with Crippen molar-refractivity contribution >= 4 is 28.9 Å². The summed E-state index contributed by atoms with van der Waals surface area (Å²) < 4.78 is 0.769. The first kappa shape index (κ1) is 10.9. The van der Waals surface area contributed by atoms with Crippen LogP contribution in [-0.4, -0.2) is 28.6 Å². The molecule has 0 radical (unpaired) electrons. The van der Waals surface area contributed by atoms with Gasteiger partial charge >= 0.3 is 5.97 Å². The molecule has 0 aromatic carbocycles. The highest BCUT2D eigenvalue weighted by atomic mass is 35.5. The van der Waals surface area contributed by atoms with Crippen molar-refractivity contribution in [3.05, 3.63) is 21.3 Å². The van der Waals surface area contributed by atoms with Gasteiger partial charge in [-0.15, -0.1) is 11.3 Å². The van der Waals surface area contributed by atoms with Crippen LogP contribution in [0.2, 0.25) is 4.34 Å². The molecule has 0 unspecified atom stereocenters. The Morgan fingerprint density at radius 2 is 2.53 bits per heavy atom. The Hall–Kier alpha value is -0.580. The summed E-state index contributed by atoms with van der Waals surface area (Å²) >= 11 is 7.48. The van der Waals surface area contributed by atoms with Crippen LogP contribution in [0.15, 0.2) is 11.4 Å². The molecule has 1 aliphatic rings. The summed E-state index contributed by atoms with van der Waals surface area (Å²) in [7, 11) is 0. The van der Waals surface area contributed by atoms with Gasteiger partial charge in [0.2, 0.25) is 0 Å². The maximum absolute atomic E-state index is 11.0. The van der Waals surface area contributed by atoms with Crippen LogP contribution in [0.1, 0.15) is 18.4 Å². The number of carbonyl (C=O) groups is 1. The Labute approximate surface area is 97.3 Å². The molecule has 2 heterocycles. The van der Waals surface area contributed by atoms with Crippen molar-refractivity contribution in [2.45, 2.75) is 25.4 Å². The van der Waals surface area contributed by atoms with Crippen LogP contribution < -0.4 is 0 Å². The van der Waals surface area contributed by atoms with Gasteiger partial charge in [-0.2, -0.15) is 0 Å². The van der Waals surface area contributed by atoms with Crippen LogP contribution in [-0.2, 0) is 11.3 Å². The first-order valence-corrected chi connectivity index (χ1v) is 6.13. The van der Waals surface area contributed by atoms with Gasteiger partial charge in [-0.05, 0) is 36.4 Å². The molecule has 0 aliphatic carbocycles. The molecule has 0 bridgehead atoms.